The molecular formula is C15H20BrFN2. The van der Waals surface area contributed by atoms with Crippen LogP contribution in [-0.4, -0.2) is 31.1 Å². The van der Waals surface area contributed by atoms with Crippen molar-refractivity contribution in [1.82, 2.24) is 10.2 Å². The lowest BCUT2D eigenvalue weighted by molar-refractivity contribution is 0.216. The summed E-state index contributed by atoms with van der Waals surface area (Å²) in [5, 5.41) is 3.29. The molecule has 1 aliphatic carbocycles. The quantitative estimate of drug-likeness (QED) is 0.913. The number of rotatable bonds is 4. The Morgan fingerprint density at radius 2 is 2.16 bits per heavy atom. The second-order valence-electron chi connectivity index (χ2n) is 5.69. The molecule has 0 amide bonds. The molecule has 19 heavy (non-hydrogen) atoms. The summed E-state index contributed by atoms with van der Waals surface area (Å²) >= 11 is 3.60. The third kappa shape index (κ3) is 2.71. The van der Waals surface area contributed by atoms with E-state index in [2.05, 4.69) is 26.1 Å². The Balaban J connectivity index is 1.93. The second-order valence-corrected chi connectivity index (χ2v) is 6.54. The van der Waals surface area contributed by atoms with Gasteiger partial charge in [0.15, 0.2) is 0 Å². The average Bonchev–Trinajstić information content (AvgIpc) is 3.15. The Morgan fingerprint density at radius 3 is 2.84 bits per heavy atom. The predicted molar refractivity (Wildman–Crippen MR) is 78.6 cm³/mol. The van der Waals surface area contributed by atoms with Crippen molar-refractivity contribution in [2.75, 3.05) is 20.1 Å². The van der Waals surface area contributed by atoms with Gasteiger partial charge in [0.25, 0.3) is 0 Å². The summed E-state index contributed by atoms with van der Waals surface area (Å²) in [5.41, 5.74) is 1.12. The van der Waals surface area contributed by atoms with Gasteiger partial charge in [-0.1, -0.05) is 15.9 Å². The maximum atomic E-state index is 13.6. The average molecular weight is 327 g/mol. The topological polar surface area (TPSA) is 15.3 Å². The Kier molecular flexibility index (Phi) is 3.92. The van der Waals surface area contributed by atoms with Crippen LogP contribution in [0.15, 0.2) is 22.7 Å². The van der Waals surface area contributed by atoms with E-state index in [-0.39, 0.29) is 5.82 Å². The molecule has 2 atom stereocenters. The molecule has 2 unspecified atom stereocenters. The minimum atomic E-state index is -0.135. The molecule has 1 aliphatic heterocycles. The second kappa shape index (κ2) is 5.51. The van der Waals surface area contributed by atoms with Gasteiger partial charge in [0.05, 0.1) is 0 Å². The first kappa shape index (κ1) is 13.5. The summed E-state index contributed by atoms with van der Waals surface area (Å²) in [4.78, 5) is 2.58. The van der Waals surface area contributed by atoms with E-state index >= 15 is 0 Å². The molecule has 1 saturated heterocycles. The molecule has 1 heterocycles. The maximum absolute atomic E-state index is 13.6. The fourth-order valence-electron chi connectivity index (χ4n) is 3.35. The number of halogens is 2. The molecular weight excluding hydrogens is 307 g/mol. The molecule has 0 spiro atoms. The van der Waals surface area contributed by atoms with Gasteiger partial charge in [-0.25, -0.2) is 4.39 Å². The van der Waals surface area contributed by atoms with Crippen molar-refractivity contribution >= 4 is 15.9 Å². The molecule has 104 valence electrons. The van der Waals surface area contributed by atoms with Crippen LogP contribution in [0.3, 0.4) is 0 Å². The lowest BCUT2D eigenvalue weighted by Gasteiger charge is -2.29. The van der Waals surface area contributed by atoms with Crippen LogP contribution in [0.25, 0.3) is 0 Å². The van der Waals surface area contributed by atoms with Gasteiger partial charge in [-0.3, -0.25) is 4.90 Å². The van der Waals surface area contributed by atoms with E-state index in [4.69, 9.17) is 0 Å². The lowest BCUT2D eigenvalue weighted by Crippen LogP contribution is -2.31. The zero-order chi connectivity index (χ0) is 13.4. The molecule has 1 aromatic carbocycles. The van der Waals surface area contributed by atoms with E-state index in [1.807, 2.05) is 13.1 Å². The van der Waals surface area contributed by atoms with Crippen LogP contribution in [0, 0.1) is 11.7 Å². The monoisotopic (exact) mass is 326 g/mol. The molecule has 2 fully saturated rings. The molecule has 2 nitrogen and oxygen atoms in total. The summed E-state index contributed by atoms with van der Waals surface area (Å²) in [6.07, 6.45) is 3.80. The van der Waals surface area contributed by atoms with Crippen molar-refractivity contribution < 1.29 is 4.39 Å². The Bertz CT molecular complexity index is 461. The zero-order valence-corrected chi connectivity index (χ0v) is 12.8. The summed E-state index contributed by atoms with van der Waals surface area (Å²) in [5.74, 6) is 0.438. The molecule has 0 radical (unpaired) electrons. The van der Waals surface area contributed by atoms with E-state index in [1.165, 1.54) is 25.3 Å². The van der Waals surface area contributed by atoms with Crippen LogP contribution in [0.5, 0.6) is 0 Å². The molecule has 2 aliphatic rings. The van der Waals surface area contributed by atoms with Crippen LogP contribution >= 0.6 is 15.9 Å². The standard InChI is InChI=1S/C15H20BrFN2/c1-18-9-10-6-7-19(12-3-4-12)15(10)13-8-11(17)2-5-14(13)16/h2,5,8,10,12,15,18H,3-4,6-7,9H2,1H3. The fraction of sp³-hybridized carbons (Fsp3) is 0.600. The van der Waals surface area contributed by atoms with Gasteiger partial charge in [-0.05, 0) is 69.1 Å². The fourth-order valence-corrected chi connectivity index (χ4v) is 3.83. The summed E-state index contributed by atoms with van der Waals surface area (Å²) in [7, 11) is 2.00. The van der Waals surface area contributed by atoms with E-state index in [0.29, 0.717) is 12.0 Å². The molecule has 1 aromatic rings. The Morgan fingerprint density at radius 1 is 1.37 bits per heavy atom. The van der Waals surface area contributed by atoms with Crippen molar-refractivity contribution in [2.45, 2.75) is 31.3 Å². The zero-order valence-electron chi connectivity index (χ0n) is 11.2. The highest BCUT2D eigenvalue weighted by molar-refractivity contribution is 9.10. The van der Waals surface area contributed by atoms with Crippen molar-refractivity contribution in [1.29, 1.82) is 0 Å². The van der Waals surface area contributed by atoms with Crippen molar-refractivity contribution in [2.24, 2.45) is 5.92 Å². The van der Waals surface area contributed by atoms with Crippen LogP contribution in [-0.2, 0) is 0 Å². The molecule has 0 bridgehead atoms. The van der Waals surface area contributed by atoms with E-state index in [0.717, 1.165) is 29.2 Å². The highest BCUT2D eigenvalue weighted by Crippen LogP contribution is 2.45. The summed E-state index contributed by atoms with van der Waals surface area (Å²) in [6.45, 7) is 2.14. The minimum Gasteiger partial charge on any atom is -0.319 e. The van der Waals surface area contributed by atoms with Crippen LogP contribution in [0.2, 0.25) is 0 Å². The van der Waals surface area contributed by atoms with Gasteiger partial charge >= 0.3 is 0 Å². The molecule has 0 aromatic heterocycles. The number of nitrogens with one attached hydrogen (secondary N) is 1. The summed E-state index contributed by atoms with van der Waals surface area (Å²) in [6, 6.07) is 6.15. The highest BCUT2D eigenvalue weighted by Gasteiger charge is 2.42. The van der Waals surface area contributed by atoms with Gasteiger partial charge in [0.1, 0.15) is 5.82 Å². The third-order valence-corrected chi connectivity index (χ3v) is 5.04. The van der Waals surface area contributed by atoms with Gasteiger partial charge in [0, 0.05) is 16.6 Å². The molecule has 1 saturated carbocycles. The number of nitrogens with zero attached hydrogens (tertiary/aromatic N) is 1. The van der Waals surface area contributed by atoms with Gasteiger partial charge in [-0.2, -0.15) is 0 Å². The number of likely N-dealkylation sites (tertiary alicyclic amines) is 1. The van der Waals surface area contributed by atoms with Gasteiger partial charge in [0.2, 0.25) is 0 Å². The van der Waals surface area contributed by atoms with Crippen molar-refractivity contribution in [3.8, 4) is 0 Å². The SMILES string of the molecule is CNCC1CCN(C2CC2)C1c1cc(F)ccc1Br. The smallest absolute Gasteiger partial charge is 0.123 e. The molecule has 3 rings (SSSR count). The van der Waals surface area contributed by atoms with Crippen LogP contribution in [0.1, 0.15) is 30.9 Å². The van der Waals surface area contributed by atoms with Crippen molar-refractivity contribution in [3.63, 3.8) is 0 Å². The molecule has 4 heteroatoms. The normalized spacial score (nSPS) is 27.9. The van der Waals surface area contributed by atoms with E-state index in [9.17, 15) is 4.39 Å². The summed E-state index contributed by atoms with van der Waals surface area (Å²) < 4.78 is 14.6. The molecule has 1 N–H and O–H groups in total. The lowest BCUT2D eigenvalue weighted by atomic mass is 9.93. The van der Waals surface area contributed by atoms with Crippen LogP contribution < -0.4 is 5.32 Å². The van der Waals surface area contributed by atoms with E-state index < -0.39 is 0 Å². The van der Waals surface area contributed by atoms with Crippen LogP contribution in [0.4, 0.5) is 4.39 Å². The largest absolute Gasteiger partial charge is 0.319 e. The number of benzene rings is 1. The first-order chi connectivity index (χ1) is 9.20. The van der Waals surface area contributed by atoms with E-state index in [1.54, 1.807) is 6.07 Å². The highest BCUT2D eigenvalue weighted by atomic mass is 79.9. The predicted octanol–water partition coefficient (Wildman–Crippen LogP) is 3.33. The third-order valence-electron chi connectivity index (χ3n) is 4.32. The number of hydrogen-bond donors (Lipinski definition) is 1. The van der Waals surface area contributed by atoms with Crippen molar-refractivity contribution in [3.05, 3.63) is 34.1 Å². The number of hydrogen-bond acceptors (Lipinski definition) is 2. The Labute approximate surface area is 122 Å². The first-order valence-corrected chi connectivity index (χ1v) is 7.85. The maximum Gasteiger partial charge on any atom is 0.123 e. The van der Waals surface area contributed by atoms with Gasteiger partial charge in [-0.15, -0.1) is 0 Å². The Hall–Kier alpha value is -0.450. The van der Waals surface area contributed by atoms with Gasteiger partial charge < -0.3 is 5.32 Å². The minimum absolute atomic E-state index is 0.135. The first-order valence-electron chi connectivity index (χ1n) is 7.06.